The van der Waals surface area contributed by atoms with Gasteiger partial charge in [0.05, 0.1) is 12.7 Å². The van der Waals surface area contributed by atoms with Crippen molar-refractivity contribution in [1.29, 1.82) is 0 Å². The lowest BCUT2D eigenvalue weighted by Crippen LogP contribution is -2.09. The average molecular weight is 150 g/mol. The third-order valence-electron chi connectivity index (χ3n) is 0.822. The molecule has 1 atom stereocenters. The van der Waals surface area contributed by atoms with E-state index in [9.17, 15) is 4.21 Å². The smallest absolute Gasteiger partial charge is 0.0584 e. The molecule has 0 bridgehead atoms. The first-order valence-electron chi connectivity index (χ1n) is 3.04. The van der Waals surface area contributed by atoms with Crippen molar-refractivity contribution >= 4 is 10.8 Å². The summed E-state index contributed by atoms with van der Waals surface area (Å²) in [6, 6.07) is 0. The lowest BCUT2D eigenvalue weighted by molar-refractivity contribution is 0.0917. The summed E-state index contributed by atoms with van der Waals surface area (Å²) >= 11 is 0. The molecule has 0 aromatic carbocycles. The van der Waals surface area contributed by atoms with E-state index in [1.165, 1.54) is 0 Å². The van der Waals surface area contributed by atoms with E-state index >= 15 is 0 Å². The minimum absolute atomic E-state index is 0.258. The van der Waals surface area contributed by atoms with Crippen molar-refractivity contribution in [3.8, 4) is 0 Å². The molecule has 0 N–H and O–H groups in total. The van der Waals surface area contributed by atoms with Crippen LogP contribution in [0.2, 0.25) is 0 Å². The molecule has 0 fully saturated rings. The average Bonchev–Trinajstić information content (AvgIpc) is 1.63. The van der Waals surface area contributed by atoms with Crippen LogP contribution in [0.3, 0.4) is 0 Å². The predicted molar refractivity (Wildman–Crippen MR) is 40.0 cm³/mol. The van der Waals surface area contributed by atoms with Crippen molar-refractivity contribution in [2.24, 2.45) is 0 Å². The molecule has 0 aliphatic heterocycles. The van der Waals surface area contributed by atoms with Crippen LogP contribution in [-0.2, 0) is 15.5 Å². The van der Waals surface area contributed by atoms with Gasteiger partial charge in [0, 0.05) is 22.8 Å². The summed E-state index contributed by atoms with van der Waals surface area (Å²) in [4.78, 5) is 0. The Bertz CT molecular complexity index is 91.1. The zero-order chi connectivity index (χ0) is 7.28. The first kappa shape index (κ1) is 9.11. The Morgan fingerprint density at radius 1 is 1.56 bits per heavy atom. The number of rotatable bonds is 4. The highest BCUT2D eigenvalue weighted by Crippen LogP contribution is 1.86. The van der Waals surface area contributed by atoms with E-state index in [0.717, 1.165) is 0 Å². The van der Waals surface area contributed by atoms with Crippen molar-refractivity contribution in [3.63, 3.8) is 0 Å². The molecule has 0 rings (SSSR count). The van der Waals surface area contributed by atoms with E-state index in [1.54, 1.807) is 6.26 Å². The molecule has 1 unspecified atom stereocenters. The predicted octanol–water partition coefficient (Wildman–Crippen LogP) is 0.790. The van der Waals surface area contributed by atoms with Crippen LogP contribution in [0.15, 0.2) is 0 Å². The standard InChI is InChI=1S/C6H14O2S/c1-6(2)8-4-5-9(3)7/h6H,4-5H2,1-3H3. The van der Waals surface area contributed by atoms with Gasteiger partial charge in [-0.1, -0.05) is 0 Å². The SMILES string of the molecule is CC(C)OCCS(C)=O. The minimum Gasteiger partial charge on any atom is -0.378 e. The summed E-state index contributed by atoms with van der Waals surface area (Å²) in [5.41, 5.74) is 0. The topological polar surface area (TPSA) is 26.3 Å². The second kappa shape index (κ2) is 4.94. The molecule has 56 valence electrons. The highest BCUT2D eigenvalue weighted by Gasteiger charge is 1.93. The Hall–Kier alpha value is 0.110. The zero-order valence-corrected chi connectivity index (χ0v) is 7.03. The summed E-state index contributed by atoms with van der Waals surface area (Å²) < 4.78 is 15.6. The third kappa shape index (κ3) is 8.11. The Morgan fingerprint density at radius 3 is 2.44 bits per heavy atom. The van der Waals surface area contributed by atoms with E-state index in [2.05, 4.69) is 0 Å². The first-order valence-corrected chi connectivity index (χ1v) is 4.77. The van der Waals surface area contributed by atoms with E-state index in [-0.39, 0.29) is 6.10 Å². The second-order valence-corrected chi connectivity index (χ2v) is 3.75. The van der Waals surface area contributed by atoms with E-state index in [1.807, 2.05) is 13.8 Å². The summed E-state index contributed by atoms with van der Waals surface area (Å²) in [6.07, 6.45) is 1.94. The maximum atomic E-state index is 10.5. The molecule has 0 heterocycles. The summed E-state index contributed by atoms with van der Waals surface area (Å²) in [5.74, 6) is 0.651. The summed E-state index contributed by atoms with van der Waals surface area (Å²) in [5, 5.41) is 0. The van der Waals surface area contributed by atoms with Crippen molar-refractivity contribution in [2.45, 2.75) is 20.0 Å². The zero-order valence-electron chi connectivity index (χ0n) is 6.22. The Balaban J connectivity index is 3.01. The van der Waals surface area contributed by atoms with Gasteiger partial charge in [-0.3, -0.25) is 4.21 Å². The fourth-order valence-corrected chi connectivity index (χ4v) is 0.732. The van der Waals surface area contributed by atoms with Crippen molar-refractivity contribution in [2.75, 3.05) is 18.6 Å². The van der Waals surface area contributed by atoms with Gasteiger partial charge in [0.25, 0.3) is 0 Å². The van der Waals surface area contributed by atoms with Gasteiger partial charge >= 0.3 is 0 Å². The largest absolute Gasteiger partial charge is 0.378 e. The van der Waals surface area contributed by atoms with Gasteiger partial charge in [-0.25, -0.2) is 0 Å². The van der Waals surface area contributed by atoms with Crippen LogP contribution in [0.5, 0.6) is 0 Å². The molecule has 3 heteroatoms. The first-order chi connectivity index (χ1) is 4.13. The molecule has 9 heavy (non-hydrogen) atoms. The number of hydrogen-bond acceptors (Lipinski definition) is 2. The quantitative estimate of drug-likeness (QED) is 0.592. The maximum Gasteiger partial charge on any atom is 0.0584 e. The third-order valence-corrected chi connectivity index (χ3v) is 1.56. The van der Waals surface area contributed by atoms with Gasteiger partial charge in [-0.15, -0.1) is 0 Å². The van der Waals surface area contributed by atoms with Gasteiger partial charge in [0.2, 0.25) is 0 Å². The van der Waals surface area contributed by atoms with Gasteiger partial charge in [-0.2, -0.15) is 0 Å². The molecular weight excluding hydrogens is 136 g/mol. The molecule has 0 aliphatic rings. The minimum atomic E-state index is -0.707. The Kier molecular flexibility index (Phi) is 5.00. The van der Waals surface area contributed by atoms with E-state index in [0.29, 0.717) is 12.4 Å². The fourth-order valence-electron chi connectivity index (χ4n) is 0.401. The van der Waals surface area contributed by atoms with Crippen LogP contribution < -0.4 is 0 Å². The number of hydrogen-bond donors (Lipinski definition) is 0. The molecular formula is C6H14O2S. The van der Waals surface area contributed by atoms with Crippen LogP contribution in [0.1, 0.15) is 13.8 Å². The molecule has 0 aromatic heterocycles. The molecule has 0 aliphatic carbocycles. The van der Waals surface area contributed by atoms with Crippen molar-refractivity contribution in [1.82, 2.24) is 0 Å². The van der Waals surface area contributed by atoms with Crippen LogP contribution in [-0.4, -0.2) is 28.9 Å². The van der Waals surface area contributed by atoms with Crippen LogP contribution in [0, 0.1) is 0 Å². The van der Waals surface area contributed by atoms with Crippen molar-refractivity contribution in [3.05, 3.63) is 0 Å². The van der Waals surface area contributed by atoms with Gasteiger partial charge < -0.3 is 4.74 Å². The number of ether oxygens (including phenoxy) is 1. The normalized spacial score (nSPS) is 14.2. The molecule has 0 radical (unpaired) electrons. The molecule has 0 saturated heterocycles. The second-order valence-electron chi connectivity index (χ2n) is 2.20. The maximum absolute atomic E-state index is 10.5. The molecule has 0 spiro atoms. The van der Waals surface area contributed by atoms with Gasteiger partial charge in [0.1, 0.15) is 0 Å². The van der Waals surface area contributed by atoms with Crippen LogP contribution >= 0.6 is 0 Å². The van der Waals surface area contributed by atoms with Gasteiger partial charge in [0.15, 0.2) is 0 Å². The molecule has 0 aromatic rings. The van der Waals surface area contributed by atoms with E-state index in [4.69, 9.17) is 4.74 Å². The summed E-state index contributed by atoms with van der Waals surface area (Å²) in [7, 11) is -0.707. The lowest BCUT2D eigenvalue weighted by Gasteiger charge is -2.04. The Labute approximate surface area is 59.1 Å². The monoisotopic (exact) mass is 150 g/mol. The fraction of sp³-hybridized carbons (Fsp3) is 1.00. The van der Waals surface area contributed by atoms with Crippen molar-refractivity contribution < 1.29 is 8.95 Å². The van der Waals surface area contributed by atoms with Crippen LogP contribution in [0.25, 0.3) is 0 Å². The Morgan fingerprint density at radius 2 is 2.11 bits per heavy atom. The van der Waals surface area contributed by atoms with Gasteiger partial charge in [-0.05, 0) is 13.8 Å². The summed E-state index contributed by atoms with van der Waals surface area (Å²) in [6.45, 7) is 4.55. The molecule has 2 nitrogen and oxygen atoms in total. The van der Waals surface area contributed by atoms with Crippen LogP contribution in [0.4, 0.5) is 0 Å². The highest BCUT2D eigenvalue weighted by atomic mass is 32.2. The highest BCUT2D eigenvalue weighted by molar-refractivity contribution is 7.84. The lowest BCUT2D eigenvalue weighted by atomic mass is 10.5. The molecule has 0 saturated carbocycles. The van der Waals surface area contributed by atoms with E-state index < -0.39 is 10.8 Å². The molecule has 0 amide bonds.